The van der Waals surface area contributed by atoms with Gasteiger partial charge in [-0.2, -0.15) is 0 Å². The number of amides is 3. The minimum Gasteiger partial charge on any atom is -0.457 e. The van der Waals surface area contributed by atoms with E-state index in [1.807, 2.05) is 111 Å². The Hall–Kier alpha value is -6.12. The smallest absolute Gasteiger partial charge is 0.272 e. The molecule has 3 N–H and O–H groups in total. The van der Waals surface area contributed by atoms with E-state index in [0.717, 1.165) is 44.8 Å². The SMILES string of the molecule is CCc1cccc(C)c1NC(=O)[C@H](Sc1ccc(NC(=O)/C(=C/c2ccc(-c3ccc(C)cc3)o2)NC(=O)c2ccccc2)cc1)c1ccccc1. The molecular formula is C44H39N3O4S. The van der Waals surface area contributed by atoms with Gasteiger partial charge in [-0.25, -0.2) is 0 Å². The molecule has 3 amide bonds. The van der Waals surface area contributed by atoms with Gasteiger partial charge < -0.3 is 20.4 Å². The van der Waals surface area contributed by atoms with E-state index in [1.165, 1.54) is 17.8 Å². The highest BCUT2D eigenvalue weighted by molar-refractivity contribution is 8.00. The first kappa shape index (κ1) is 35.7. The van der Waals surface area contributed by atoms with Gasteiger partial charge in [-0.1, -0.05) is 103 Å². The van der Waals surface area contributed by atoms with Crippen LogP contribution < -0.4 is 16.0 Å². The third kappa shape index (κ3) is 8.96. The highest BCUT2D eigenvalue weighted by atomic mass is 32.2. The number of aryl methyl sites for hydroxylation is 3. The molecule has 1 heterocycles. The first-order chi connectivity index (χ1) is 25.3. The van der Waals surface area contributed by atoms with Crippen molar-refractivity contribution in [3.63, 3.8) is 0 Å². The normalized spacial score (nSPS) is 11.8. The van der Waals surface area contributed by atoms with Crippen LogP contribution in [0.5, 0.6) is 0 Å². The molecule has 0 fully saturated rings. The second-order valence-electron chi connectivity index (χ2n) is 12.3. The lowest BCUT2D eigenvalue weighted by molar-refractivity contribution is -0.116. The number of carbonyl (C=O) groups is 3. The van der Waals surface area contributed by atoms with Gasteiger partial charge in [-0.3, -0.25) is 14.4 Å². The van der Waals surface area contributed by atoms with Gasteiger partial charge in [0, 0.05) is 33.5 Å². The highest BCUT2D eigenvalue weighted by Crippen LogP contribution is 2.37. The lowest BCUT2D eigenvalue weighted by Gasteiger charge is -2.20. The van der Waals surface area contributed by atoms with Crippen molar-refractivity contribution < 1.29 is 18.8 Å². The standard InChI is InChI=1S/C44H39N3O4S/c1-4-31-17-11-12-30(3)40(31)47-44(50)41(33-13-7-5-8-14-33)52-37-25-22-35(23-26-37)45-43(49)38(46-42(48)34-15-9-6-10-16-34)28-36-24-27-39(51-36)32-20-18-29(2)19-21-32/h5-28,41H,4H2,1-3H3,(H,45,49)(H,46,48)(H,47,50)/b38-28-/t41-/m1/s1. The average molecular weight is 706 g/mol. The molecule has 0 spiro atoms. The summed E-state index contributed by atoms with van der Waals surface area (Å²) in [7, 11) is 0. The largest absolute Gasteiger partial charge is 0.457 e. The fourth-order valence-electron chi connectivity index (χ4n) is 5.63. The van der Waals surface area contributed by atoms with Crippen molar-refractivity contribution >= 4 is 46.9 Å². The third-order valence-electron chi connectivity index (χ3n) is 8.47. The Morgan fingerprint density at radius 3 is 2.12 bits per heavy atom. The first-order valence-electron chi connectivity index (χ1n) is 17.0. The molecule has 0 bridgehead atoms. The van der Waals surface area contributed by atoms with Crippen molar-refractivity contribution in [2.24, 2.45) is 0 Å². The van der Waals surface area contributed by atoms with Crippen molar-refractivity contribution in [3.8, 4) is 11.3 Å². The van der Waals surface area contributed by atoms with Crippen molar-refractivity contribution in [1.29, 1.82) is 0 Å². The molecule has 5 aromatic carbocycles. The zero-order valence-electron chi connectivity index (χ0n) is 29.2. The number of hydrogen-bond donors (Lipinski definition) is 3. The van der Waals surface area contributed by atoms with Gasteiger partial charge in [-0.05, 0) is 85.5 Å². The van der Waals surface area contributed by atoms with E-state index < -0.39 is 17.1 Å². The lowest BCUT2D eigenvalue weighted by atomic mass is 10.1. The lowest BCUT2D eigenvalue weighted by Crippen LogP contribution is -2.30. The Morgan fingerprint density at radius 2 is 1.42 bits per heavy atom. The monoisotopic (exact) mass is 705 g/mol. The fourth-order valence-corrected chi connectivity index (χ4v) is 6.66. The zero-order chi connectivity index (χ0) is 36.5. The summed E-state index contributed by atoms with van der Waals surface area (Å²) < 4.78 is 6.05. The number of anilines is 2. The molecule has 0 aliphatic rings. The zero-order valence-corrected chi connectivity index (χ0v) is 30.0. The van der Waals surface area contributed by atoms with E-state index in [2.05, 4.69) is 22.9 Å². The number of para-hydroxylation sites is 1. The fraction of sp³-hybridized carbons (Fsp3) is 0.114. The second kappa shape index (κ2) is 16.7. The Labute approximate surface area is 308 Å². The number of hydrogen-bond acceptors (Lipinski definition) is 5. The third-order valence-corrected chi connectivity index (χ3v) is 9.74. The minimum atomic E-state index is -0.524. The molecule has 0 aliphatic heterocycles. The van der Waals surface area contributed by atoms with E-state index in [1.54, 1.807) is 42.5 Å². The summed E-state index contributed by atoms with van der Waals surface area (Å²) in [5.74, 6) is -0.0287. The molecule has 1 aromatic heterocycles. The van der Waals surface area contributed by atoms with Crippen molar-refractivity contribution in [1.82, 2.24) is 5.32 Å². The number of benzene rings is 5. The number of thioether (sulfide) groups is 1. The Bertz CT molecular complexity index is 2190. The van der Waals surface area contributed by atoms with Crippen LogP contribution in [0.3, 0.4) is 0 Å². The summed E-state index contributed by atoms with van der Waals surface area (Å²) in [5.41, 5.74) is 6.79. The Kier molecular flexibility index (Phi) is 11.5. The molecule has 260 valence electrons. The van der Waals surface area contributed by atoms with E-state index in [9.17, 15) is 14.4 Å². The summed E-state index contributed by atoms with van der Waals surface area (Å²) >= 11 is 1.43. The van der Waals surface area contributed by atoms with Crippen molar-refractivity contribution in [2.45, 2.75) is 37.3 Å². The summed E-state index contributed by atoms with van der Waals surface area (Å²) in [6.07, 6.45) is 2.32. The van der Waals surface area contributed by atoms with Crippen LogP contribution >= 0.6 is 11.8 Å². The predicted octanol–water partition coefficient (Wildman–Crippen LogP) is 10.0. The van der Waals surface area contributed by atoms with Gasteiger partial charge in [0.15, 0.2) is 0 Å². The van der Waals surface area contributed by atoms with Gasteiger partial charge in [0.2, 0.25) is 5.91 Å². The molecule has 8 heteroatoms. The maximum atomic E-state index is 13.8. The van der Waals surface area contributed by atoms with Crippen LogP contribution in [0.4, 0.5) is 11.4 Å². The van der Waals surface area contributed by atoms with Crippen LogP contribution in [0.15, 0.2) is 155 Å². The van der Waals surface area contributed by atoms with Gasteiger partial charge in [0.05, 0.1) is 0 Å². The van der Waals surface area contributed by atoms with Crippen LogP contribution in [-0.4, -0.2) is 17.7 Å². The quantitative estimate of drug-likeness (QED) is 0.0870. The van der Waals surface area contributed by atoms with Gasteiger partial charge in [-0.15, -0.1) is 11.8 Å². The van der Waals surface area contributed by atoms with Crippen molar-refractivity contribution in [3.05, 3.63) is 179 Å². The second-order valence-corrected chi connectivity index (χ2v) is 13.5. The minimum absolute atomic E-state index is 0.0144. The molecule has 0 saturated carbocycles. The molecule has 6 aromatic rings. The van der Waals surface area contributed by atoms with Crippen LogP contribution in [0.1, 0.15) is 50.5 Å². The molecule has 0 saturated heterocycles. The Balaban J connectivity index is 1.21. The molecule has 0 radical (unpaired) electrons. The number of furan rings is 1. The molecule has 0 unspecified atom stereocenters. The average Bonchev–Trinajstić information content (AvgIpc) is 3.64. The van der Waals surface area contributed by atoms with E-state index in [0.29, 0.717) is 22.8 Å². The van der Waals surface area contributed by atoms with Gasteiger partial charge in [0.1, 0.15) is 22.5 Å². The van der Waals surface area contributed by atoms with Gasteiger partial charge in [0.25, 0.3) is 11.8 Å². The number of carbonyl (C=O) groups excluding carboxylic acids is 3. The topological polar surface area (TPSA) is 100 Å². The summed E-state index contributed by atoms with van der Waals surface area (Å²) in [6.45, 7) is 6.09. The molecule has 6 rings (SSSR count). The van der Waals surface area contributed by atoms with Crippen LogP contribution in [0, 0.1) is 13.8 Å². The molecule has 52 heavy (non-hydrogen) atoms. The van der Waals surface area contributed by atoms with E-state index >= 15 is 0 Å². The molecular weight excluding hydrogens is 667 g/mol. The van der Waals surface area contributed by atoms with E-state index in [-0.39, 0.29) is 11.6 Å². The predicted molar refractivity (Wildman–Crippen MR) is 210 cm³/mol. The first-order valence-corrected chi connectivity index (χ1v) is 17.9. The van der Waals surface area contributed by atoms with Crippen molar-refractivity contribution in [2.75, 3.05) is 10.6 Å². The molecule has 1 atom stereocenters. The van der Waals surface area contributed by atoms with Crippen LogP contribution in [0.25, 0.3) is 17.4 Å². The summed E-state index contributed by atoms with van der Waals surface area (Å²) in [5, 5.41) is 8.33. The molecule has 0 aliphatic carbocycles. The van der Waals surface area contributed by atoms with Gasteiger partial charge >= 0.3 is 0 Å². The highest BCUT2D eigenvalue weighted by Gasteiger charge is 2.24. The van der Waals surface area contributed by atoms with E-state index in [4.69, 9.17) is 4.42 Å². The summed E-state index contributed by atoms with van der Waals surface area (Å²) in [6, 6.07) is 43.2. The number of nitrogens with one attached hydrogen (secondary N) is 3. The molecule has 7 nitrogen and oxygen atoms in total. The summed E-state index contributed by atoms with van der Waals surface area (Å²) in [4.78, 5) is 41.5. The number of rotatable bonds is 12. The maximum absolute atomic E-state index is 13.8. The van der Waals surface area contributed by atoms with Crippen LogP contribution in [-0.2, 0) is 16.0 Å². The maximum Gasteiger partial charge on any atom is 0.272 e. The Morgan fingerprint density at radius 1 is 0.731 bits per heavy atom. The van der Waals surface area contributed by atoms with Crippen LogP contribution in [0.2, 0.25) is 0 Å².